The number of carbonyl (C=O) groups is 2. The van der Waals surface area contributed by atoms with Crippen LogP contribution in [0.15, 0.2) is 29.3 Å². The van der Waals surface area contributed by atoms with Crippen LogP contribution in [0.3, 0.4) is 0 Å². The van der Waals surface area contributed by atoms with Gasteiger partial charge in [-0.15, -0.1) is 24.0 Å². The Morgan fingerprint density at radius 1 is 1.21 bits per heavy atom. The Kier molecular flexibility index (Phi) is 9.57. The van der Waals surface area contributed by atoms with Gasteiger partial charge >= 0.3 is 0 Å². The van der Waals surface area contributed by atoms with E-state index in [4.69, 9.17) is 0 Å². The maximum absolute atomic E-state index is 12.3. The van der Waals surface area contributed by atoms with Gasteiger partial charge in [-0.1, -0.05) is 12.1 Å². The van der Waals surface area contributed by atoms with Crippen molar-refractivity contribution >= 4 is 53.5 Å². The summed E-state index contributed by atoms with van der Waals surface area (Å²) in [5.74, 6) is 2.90. The highest BCUT2D eigenvalue weighted by atomic mass is 127. The van der Waals surface area contributed by atoms with Crippen molar-refractivity contribution in [1.29, 1.82) is 0 Å². The Hall–Kier alpha value is -1.29. The van der Waals surface area contributed by atoms with Gasteiger partial charge in [0, 0.05) is 31.4 Å². The average Bonchev–Trinajstić information content (AvgIpc) is 2.93. The van der Waals surface area contributed by atoms with Crippen LogP contribution in [0, 0.1) is 0 Å². The van der Waals surface area contributed by atoms with E-state index in [1.807, 2.05) is 11.8 Å². The standard InChI is InChI=1S/C20H28N4O2S.HI/c1-2-21-20(23-15-8-7-13-27-14-15)22-11-5-6-12-24-18(25)16-9-3-4-10-17(16)19(24)26;/h3-4,9-10,15H,2,5-8,11-14H2,1H3,(H2,21,22,23);1H. The number of rotatable bonds is 7. The second-order valence-electron chi connectivity index (χ2n) is 6.83. The number of unbranched alkanes of at least 4 members (excludes halogenated alkanes) is 1. The number of amides is 2. The van der Waals surface area contributed by atoms with E-state index in [2.05, 4.69) is 22.5 Å². The first kappa shape index (κ1) is 23.0. The summed E-state index contributed by atoms with van der Waals surface area (Å²) in [6.45, 7) is 4.03. The fourth-order valence-electron chi connectivity index (χ4n) is 3.38. The van der Waals surface area contributed by atoms with Crippen molar-refractivity contribution < 1.29 is 9.59 Å². The molecule has 154 valence electrons. The third-order valence-electron chi connectivity index (χ3n) is 4.78. The molecule has 8 heteroatoms. The average molecular weight is 516 g/mol. The fraction of sp³-hybridized carbons (Fsp3) is 0.550. The summed E-state index contributed by atoms with van der Waals surface area (Å²) < 4.78 is 0. The highest BCUT2D eigenvalue weighted by Gasteiger charge is 2.34. The Morgan fingerprint density at radius 3 is 2.54 bits per heavy atom. The van der Waals surface area contributed by atoms with Gasteiger partial charge < -0.3 is 10.6 Å². The molecule has 0 aliphatic carbocycles. The van der Waals surface area contributed by atoms with Gasteiger partial charge in [0.1, 0.15) is 0 Å². The number of guanidine groups is 1. The van der Waals surface area contributed by atoms with E-state index < -0.39 is 0 Å². The molecule has 1 fully saturated rings. The van der Waals surface area contributed by atoms with Crippen LogP contribution in [0.5, 0.6) is 0 Å². The molecular formula is C20H29IN4O2S. The third-order valence-corrected chi connectivity index (χ3v) is 6.00. The van der Waals surface area contributed by atoms with Crippen molar-refractivity contribution in [3.05, 3.63) is 35.4 Å². The van der Waals surface area contributed by atoms with Crippen LogP contribution in [0.2, 0.25) is 0 Å². The van der Waals surface area contributed by atoms with Gasteiger partial charge in [0.15, 0.2) is 5.96 Å². The quantitative estimate of drug-likeness (QED) is 0.192. The maximum Gasteiger partial charge on any atom is 0.261 e. The van der Waals surface area contributed by atoms with Gasteiger partial charge in [-0.3, -0.25) is 19.5 Å². The van der Waals surface area contributed by atoms with Crippen molar-refractivity contribution in [2.45, 2.75) is 38.6 Å². The largest absolute Gasteiger partial charge is 0.357 e. The molecule has 0 radical (unpaired) electrons. The van der Waals surface area contributed by atoms with Crippen LogP contribution in [0.25, 0.3) is 0 Å². The molecule has 2 aliphatic rings. The van der Waals surface area contributed by atoms with Crippen molar-refractivity contribution in [3.8, 4) is 0 Å². The molecule has 1 saturated heterocycles. The van der Waals surface area contributed by atoms with Gasteiger partial charge in [0.05, 0.1) is 11.1 Å². The van der Waals surface area contributed by atoms with E-state index in [1.54, 1.807) is 24.3 Å². The van der Waals surface area contributed by atoms with Gasteiger partial charge in [0.2, 0.25) is 0 Å². The minimum absolute atomic E-state index is 0. The molecular weight excluding hydrogens is 487 g/mol. The number of fused-ring (bicyclic) bond motifs is 1. The molecule has 0 aromatic heterocycles. The molecule has 2 aliphatic heterocycles. The van der Waals surface area contributed by atoms with Gasteiger partial charge in [0.25, 0.3) is 11.8 Å². The molecule has 1 unspecified atom stereocenters. The molecule has 6 nitrogen and oxygen atoms in total. The smallest absolute Gasteiger partial charge is 0.261 e. The zero-order valence-corrected chi connectivity index (χ0v) is 19.4. The van der Waals surface area contributed by atoms with Crippen LogP contribution < -0.4 is 10.6 Å². The lowest BCUT2D eigenvalue weighted by molar-refractivity contribution is 0.0652. The van der Waals surface area contributed by atoms with Gasteiger partial charge in [-0.05, 0) is 50.5 Å². The minimum atomic E-state index is -0.177. The van der Waals surface area contributed by atoms with E-state index in [1.165, 1.54) is 23.5 Å². The molecule has 3 rings (SSSR count). The van der Waals surface area contributed by atoms with Crippen LogP contribution in [-0.4, -0.2) is 59.9 Å². The Labute approximate surface area is 188 Å². The first-order chi connectivity index (χ1) is 13.2. The van der Waals surface area contributed by atoms with Gasteiger partial charge in [-0.25, -0.2) is 0 Å². The van der Waals surface area contributed by atoms with E-state index in [-0.39, 0.29) is 35.8 Å². The molecule has 0 saturated carbocycles. The number of hydrogen-bond acceptors (Lipinski definition) is 4. The van der Waals surface area contributed by atoms with Crippen LogP contribution in [0.4, 0.5) is 0 Å². The zero-order valence-electron chi connectivity index (χ0n) is 16.3. The molecule has 2 heterocycles. The summed E-state index contributed by atoms with van der Waals surface area (Å²) in [4.78, 5) is 30.7. The number of thioether (sulfide) groups is 1. The van der Waals surface area contributed by atoms with Crippen molar-refractivity contribution in [1.82, 2.24) is 15.5 Å². The first-order valence-electron chi connectivity index (χ1n) is 9.78. The number of nitrogens with zero attached hydrogens (tertiary/aromatic N) is 2. The second-order valence-corrected chi connectivity index (χ2v) is 7.98. The van der Waals surface area contributed by atoms with Crippen LogP contribution >= 0.6 is 35.7 Å². The number of nitrogens with one attached hydrogen (secondary N) is 2. The van der Waals surface area contributed by atoms with E-state index in [0.717, 1.165) is 31.1 Å². The highest BCUT2D eigenvalue weighted by molar-refractivity contribution is 14.0. The molecule has 28 heavy (non-hydrogen) atoms. The Balaban J connectivity index is 0.00000280. The Bertz CT molecular complexity index is 672. The topological polar surface area (TPSA) is 73.8 Å². The SMILES string of the molecule is CCNC(=NCCCCN1C(=O)c2ccccc2C1=O)NC1CCCSC1.I. The summed E-state index contributed by atoms with van der Waals surface area (Å²) in [7, 11) is 0. The molecule has 1 aromatic carbocycles. The molecule has 0 spiro atoms. The molecule has 0 bridgehead atoms. The summed E-state index contributed by atoms with van der Waals surface area (Å²) in [6.07, 6.45) is 4.04. The summed E-state index contributed by atoms with van der Waals surface area (Å²) in [5, 5.41) is 6.81. The van der Waals surface area contributed by atoms with E-state index in [0.29, 0.717) is 30.3 Å². The lowest BCUT2D eigenvalue weighted by Crippen LogP contribution is -2.45. The van der Waals surface area contributed by atoms with E-state index in [9.17, 15) is 9.59 Å². The summed E-state index contributed by atoms with van der Waals surface area (Å²) in [6, 6.07) is 7.51. The maximum atomic E-state index is 12.3. The number of hydrogen-bond donors (Lipinski definition) is 2. The second kappa shape index (κ2) is 11.6. The van der Waals surface area contributed by atoms with Crippen molar-refractivity contribution in [2.75, 3.05) is 31.1 Å². The number of halogens is 1. The summed E-state index contributed by atoms with van der Waals surface area (Å²) >= 11 is 1.99. The zero-order chi connectivity index (χ0) is 19.1. The normalized spacial score (nSPS) is 19.2. The molecule has 2 amide bonds. The van der Waals surface area contributed by atoms with Crippen LogP contribution in [-0.2, 0) is 0 Å². The molecule has 2 N–H and O–H groups in total. The lowest BCUT2D eigenvalue weighted by Gasteiger charge is -2.24. The number of benzene rings is 1. The molecule has 1 atom stereocenters. The molecule has 1 aromatic rings. The van der Waals surface area contributed by atoms with Crippen molar-refractivity contribution in [3.63, 3.8) is 0 Å². The lowest BCUT2D eigenvalue weighted by atomic mass is 10.1. The monoisotopic (exact) mass is 516 g/mol. The van der Waals surface area contributed by atoms with Gasteiger partial charge in [-0.2, -0.15) is 11.8 Å². The number of imide groups is 1. The third kappa shape index (κ3) is 5.85. The van der Waals surface area contributed by atoms with Crippen molar-refractivity contribution in [2.24, 2.45) is 4.99 Å². The number of carbonyl (C=O) groups excluding carboxylic acids is 2. The van der Waals surface area contributed by atoms with Crippen LogP contribution in [0.1, 0.15) is 53.3 Å². The Morgan fingerprint density at radius 2 is 1.93 bits per heavy atom. The number of aliphatic imine (C=N–C) groups is 1. The highest BCUT2D eigenvalue weighted by Crippen LogP contribution is 2.22. The van der Waals surface area contributed by atoms with E-state index >= 15 is 0 Å². The predicted octanol–water partition coefficient (Wildman–Crippen LogP) is 3.13. The summed E-state index contributed by atoms with van der Waals surface area (Å²) in [5.41, 5.74) is 1.04. The predicted molar refractivity (Wildman–Crippen MR) is 126 cm³/mol. The first-order valence-corrected chi connectivity index (χ1v) is 10.9. The fourth-order valence-corrected chi connectivity index (χ4v) is 4.45. The minimum Gasteiger partial charge on any atom is -0.357 e.